The Labute approximate surface area is 94.9 Å². The fraction of sp³-hybridized carbons (Fsp3) is 0.125. The van der Waals surface area contributed by atoms with Gasteiger partial charge in [-0.2, -0.15) is 0 Å². The van der Waals surface area contributed by atoms with E-state index in [9.17, 15) is 4.79 Å². The molecule has 1 nitrogen and oxygen atoms in total. The Hall–Kier alpha value is -0.0200. The molecular formula is C8H5Cl3OS. The molecule has 1 unspecified atom stereocenters. The van der Waals surface area contributed by atoms with Crippen molar-refractivity contribution >= 4 is 51.9 Å². The van der Waals surface area contributed by atoms with Crippen LogP contribution >= 0.6 is 46.1 Å². The van der Waals surface area contributed by atoms with Crippen molar-refractivity contribution in [2.45, 2.75) is 5.38 Å². The van der Waals surface area contributed by atoms with E-state index in [0.29, 0.717) is 4.88 Å². The lowest BCUT2D eigenvalue weighted by atomic mass is 10.2. The maximum atomic E-state index is 11.5. The number of alkyl halides is 1. The Morgan fingerprint density at radius 2 is 2.23 bits per heavy atom. The van der Waals surface area contributed by atoms with Crippen LogP contribution in [0.25, 0.3) is 0 Å². The molecule has 0 spiro atoms. The van der Waals surface area contributed by atoms with Crippen molar-refractivity contribution in [3.05, 3.63) is 33.0 Å². The molecule has 0 amide bonds. The van der Waals surface area contributed by atoms with Gasteiger partial charge in [-0.25, -0.2) is 0 Å². The van der Waals surface area contributed by atoms with Crippen molar-refractivity contribution in [1.29, 1.82) is 0 Å². The summed E-state index contributed by atoms with van der Waals surface area (Å²) < 4.78 is 0.00454. The number of halogens is 3. The van der Waals surface area contributed by atoms with Crippen LogP contribution in [0.1, 0.15) is 9.67 Å². The second kappa shape index (κ2) is 5.01. The van der Waals surface area contributed by atoms with Crippen molar-refractivity contribution in [1.82, 2.24) is 0 Å². The van der Waals surface area contributed by atoms with Crippen LogP contribution in [0.15, 0.2) is 28.1 Å². The van der Waals surface area contributed by atoms with Gasteiger partial charge in [0.1, 0.15) is 9.87 Å². The molecule has 5 heteroatoms. The van der Waals surface area contributed by atoms with Gasteiger partial charge in [0, 0.05) is 0 Å². The van der Waals surface area contributed by atoms with Crippen LogP contribution in [0.2, 0.25) is 0 Å². The quantitative estimate of drug-likeness (QED) is 0.592. The van der Waals surface area contributed by atoms with Crippen LogP contribution in [-0.4, -0.2) is 11.2 Å². The molecule has 0 aliphatic heterocycles. The van der Waals surface area contributed by atoms with Crippen molar-refractivity contribution in [3.8, 4) is 0 Å². The minimum absolute atomic E-state index is 0.00454. The third kappa shape index (κ3) is 3.31. The average molecular weight is 256 g/mol. The highest BCUT2D eigenvalue weighted by Gasteiger charge is 2.15. The predicted molar refractivity (Wildman–Crippen MR) is 58.1 cm³/mol. The minimum atomic E-state index is -0.788. The van der Waals surface area contributed by atoms with Crippen LogP contribution in [0.5, 0.6) is 0 Å². The largest absolute Gasteiger partial charge is 0.291 e. The molecule has 1 rings (SSSR count). The van der Waals surface area contributed by atoms with E-state index in [-0.39, 0.29) is 10.3 Å². The summed E-state index contributed by atoms with van der Waals surface area (Å²) in [6, 6.07) is 3.49. The summed E-state index contributed by atoms with van der Waals surface area (Å²) >= 11 is 17.8. The van der Waals surface area contributed by atoms with Gasteiger partial charge in [-0.15, -0.1) is 22.9 Å². The van der Waals surface area contributed by atoms with Crippen LogP contribution in [0.3, 0.4) is 0 Å². The summed E-state index contributed by atoms with van der Waals surface area (Å²) in [5, 5.41) is 1.02. The third-order valence-electron chi connectivity index (χ3n) is 1.29. The highest BCUT2D eigenvalue weighted by Crippen LogP contribution is 2.18. The molecule has 70 valence electrons. The lowest BCUT2D eigenvalue weighted by Crippen LogP contribution is -2.10. The maximum Gasteiger partial charge on any atom is 0.194 e. The predicted octanol–water partition coefficient (Wildman–Crippen LogP) is 3.86. The first-order valence-corrected chi connectivity index (χ1v) is 5.43. The van der Waals surface area contributed by atoms with E-state index in [2.05, 4.69) is 0 Å². The van der Waals surface area contributed by atoms with Crippen LogP contribution < -0.4 is 0 Å². The second-order valence-corrected chi connectivity index (χ2v) is 4.63. The molecule has 1 aromatic heterocycles. The molecule has 0 saturated heterocycles. The molecule has 0 aliphatic rings. The smallest absolute Gasteiger partial charge is 0.194 e. The standard InChI is InChI=1S/C8H5Cl3OS/c9-5(4-7(10)11)8(12)6-2-1-3-13-6/h1-5H. The number of carbonyl (C=O) groups is 1. The van der Waals surface area contributed by atoms with Gasteiger partial charge >= 0.3 is 0 Å². The van der Waals surface area contributed by atoms with Crippen LogP contribution in [-0.2, 0) is 0 Å². The highest BCUT2D eigenvalue weighted by molar-refractivity contribution is 7.12. The summed E-state index contributed by atoms with van der Waals surface area (Å²) in [5.74, 6) is -0.185. The summed E-state index contributed by atoms with van der Waals surface area (Å²) in [6.45, 7) is 0. The summed E-state index contributed by atoms with van der Waals surface area (Å²) in [4.78, 5) is 12.1. The third-order valence-corrected chi connectivity index (χ3v) is 2.75. The number of hydrogen-bond acceptors (Lipinski definition) is 2. The number of rotatable bonds is 3. The highest BCUT2D eigenvalue weighted by atomic mass is 35.5. The van der Waals surface area contributed by atoms with Gasteiger partial charge in [0.15, 0.2) is 5.78 Å². The Morgan fingerprint density at radius 3 is 2.69 bits per heavy atom. The van der Waals surface area contributed by atoms with Crippen molar-refractivity contribution in [3.63, 3.8) is 0 Å². The first-order chi connectivity index (χ1) is 6.11. The van der Waals surface area contributed by atoms with Crippen molar-refractivity contribution in [2.75, 3.05) is 0 Å². The van der Waals surface area contributed by atoms with E-state index in [1.165, 1.54) is 17.4 Å². The molecule has 1 aromatic rings. The van der Waals surface area contributed by atoms with E-state index < -0.39 is 5.38 Å². The molecule has 0 N–H and O–H groups in total. The molecule has 0 aliphatic carbocycles. The monoisotopic (exact) mass is 254 g/mol. The van der Waals surface area contributed by atoms with E-state index >= 15 is 0 Å². The Balaban J connectivity index is 2.75. The van der Waals surface area contributed by atoms with E-state index in [1.54, 1.807) is 12.1 Å². The fourth-order valence-corrected chi connectivity index (χ4v) is 2.13. The van der Waals surface area contributed by atoms with Crippen LogP contribution in [0.4, 0.5) is 0 Å². The molecule has 1 heterocycles. The van der Waals surface area contributed by atoms with Crippen LogP contribution in [0, 0.1) is 0 Å². The molecular weight excluding hydrogens is 251 g/mol. The Kier molecular flexibility index (Phi) is 4.26. The normalized spacial score (nSPS) is 12.2. The number of ketones is 1. The van der Waals surface area contributed by atoms with E-state index in [1.807, 2.05) is 5.38 Å². The molecule has 0 fully saturated rings. The minimum Gasteiger partial charge on any atom is -0.291 e. The fourth-order valence-electron chi connectivity index (χ4n) is 0.741. The lowest BCUT2D eigenvalue weighted by Gasteiger charge is -1.99. The SMILES string of the molecule is O=C(c1cccs1)C(Cl)C=C(Cl)Cl. The molecule has 0 saturated carbocycles. The zero-order valence-corrected chi connectivity index (χ0v) is 9.42. The van der Waals surface area contributed by atoms with E-state index in [0.717, 1.165) is 0 Å². The zero-order valence-electron chi connectivity index (χ0n) is 6.34. The molecule has 0 aromatic carbocycles. The van der Waals surface area contributed by atoms with Gasteiger partial charge in [0.05, 0.1) is 4.88 Å². The van der Waals surface area contributed by atoms with Gasteiger partial charge in [-0.1, -0.05) is 29.3 Å². The summed E-state index contributed by atoms with van der Waals surface area (Å²) in [5.41, 5.74) is 0. The molecule has 13 heavy (non-hydrogen) atoms. The zero-order chi connectivity index (χ0) is 9.84. The lowest BCUT2D eigenvalue weighted by molar-refractivity contribution is 0.100. The van der Waals surface area contributed by atoms with Gasteiger partial charge in [-0.3, -0.25) is 4.79 Å². The number of Topliss-reactive ketones (excluding diaryl/α,β-unsaturated/α-hetero) is 1. The first-order valence-electron chi connectivity index (χ1n) is 3.36. The first kappa shape index (κ1) is 11.1. The van der Waals surface area contributed by atoms with Gasteiger partial charge in [-0.05, 0) is 17.5 Å². The van der Waals surface area contributed by atoms with Crippen molar-refractivity contribution in [2.24, 2.45) is 0 Å². The van der Waals surface area contributed by atoms with Gasteiger partial charge in [0.25, 0.3) is 0 Å². The van der Waals surface area contributed by atoms with Crippen molar-refractivity contribution < 1.29 is 4.79 Å². The number of allylic oxidation sites excluding steroid dienone is 1. The van der Waals surface area contributed by atoms with E-state index in [4.69, 9.17) is 34.8 Å². The Bertz CT molecular complexity index is 314. The Morgan fingerprint density at radius 1 is 1.54 bits per heavy atom. The number of hydrogen-bond donors (Lipinski definition) is 0. The van der Waals surface area contributed by atoms with Gasteiger partial charge in [0.2, 0.25) is 0 Å². The molecule has 0 bridgehead atoms. The molecule has 0 radical (unpaired) electrons. The second-order valence-electron chi connectivity index (χ2n) is 2.20. The topological polar surface area (TPSA) is 17.1 Å². The summed E-state index contributed by atoms with van der Waals surface area (Å²) in [7, 11) is 0. The maximum absolute atomic E-state index is 11.5. The van der Waals surface area contributed by atoms with Gasteiger partial charge < -0.3 is 0 Å². The molecule has 1 atom stereocenters. The number of carbonyl (C=O) groups excluding carboxylic acids is 1. The number of thiophene rings is 1. The summed E-state index contributed by atoms with van der Waals surface area (Å²) in [6.07, 6.45) is 1.30. The average Bonchev–Trinajstić information content (AvgIpc) is 2.53.